The highest BCUT2D eigenvalue weighted by molar-refractivity contribution is 5.79. The van der Waals surface area contributed by atoms with Crippen molar-refractivity contribution in [1.29, 1.82) is 0 Å². The van der Waals surface area contributed by atoms with Crippen molar-refractivity contribution in [3.8, 4) is 0 Å². The van der Waals surface area contributed by atoms with Crippen molar-refractivity contribution >= 4 is 5.91 Å². The molecule has 0 aromatic rings. The summed E-state index contributed by atoms with van der Waals surface area (Å²) in [5.74, 6) is 0.864. The number of carbonyl (C=O) groups is 1. The molecular formula is C11H23N3O. The molecule has 0 aromatic carbocycles. The van der Waals surface area contributed by atoms with Crippen LogP contribution in [0.3, 0.4) is 0 Å². The van der Waals surface area contributed by atoms with Crippen LogP contribution in [0.1, 0.15) is 13.3 Å². The van der Waals surface area contributed by atoms with E-state index < -0.39 is 0 Å². The van der Waals surface area contributed by atoms with Crippen molar-refractivity contribution in [2.45, 2.75) is 13.3 Å². The van der Waals surface area contributed by atoms with Crippen molar-refractivity contribution in [2.75, 3.05) is 40.3 Å². The lowest BCUT2D eigenvalue weighted by molar-refractivity contribution is -0.134. The third kappa shape index (κ3) is 3.47. The number of amides is 1. The topological polar surface area (TPSA) is 49.6 Å². The molecule has 1 aliphatic rings. The highest BCUT2D eigenvalue weighted by atomic mass is 16.2. The maximum atomic E-state index is 12.0. The first-order valence-corrected chi connectivity index (χ1v) is 5.68. The van der Waals surface area contributed by atoms with Crippen molar-refractivity contribution < 1.29 is 4.79 Å². The van der Waals surface area contributed by atoms with Crippen molar-refractivity contribution in [2.24, 2.45) is 17.6 Å². The van der Waals surface area contributed by atoms with Gasteiger partial charge in [-0.3, -0.25) is 4.79 Å². The van der Waals surface area contributed by atoms with Crippen LogP contribution in [0.15, 0.2) is 0 Å². The van der Waals surface area contributed by atoms with Gasteiger partial charge in [-0.15, -0.1) is 0 Å². The number of likely N-dealkylation sites (tertiary alicyclic amines) is 1. The van der Waals surface area contributed by atoms with Gasteiger partial charge in [0.05, 0.1) is 5.92 Å². The zero-order valence-corrected chi connectivity index (χ0v) is 10.1. The monoisotopic (exact) mass is 213 g/mol. The van der Waals surface area contributed by atoms with E-state index in [9.17, 15) is 4.79 Å². The first kappa shape index (κ1) is 12.5. The maximum Gasteiger partial charge on any atom is 0.226 e. The minimum atomic E-state index is 0.199. The van der Waals surface area contributed by atoms with E-state index in [1.807, 2.05) is 11.9 Å². The van der Waals surface area contributed by atoms with E-state index in [0.29, 0.717) is 12.5 Å². The van der Waals surface area contributed by atoms with Crippen LogP contribution in [0, 0.1) is 11.8 Å². The van der Waals surface area contributed by atoms with Gasteiger partial charge in [0.15, 0.2) is 0 Å². The fourth-order valence-electron chi connectivity index (χ4n) is 2.08. The molecule has 0 bridgehead atoms. The quantitative estimate of drug-likeness (QED) is 0.714. The van der Waals surface area contributed by atoms with E-state index >= 15 is 0 Å². The van der Waals surface area contributed by atoms with Gasteiger partial charge in [-0.25, -0.2) is 0 Å². The van der Waals surface area contributed by atoms with E-state index in [0.717, 1.165) is 26.1 Å². The molecule has 0 spiro atoms. The van der Waals surface area contributed by atoms with Crippen LogP contribution in [0.5, 0.6) is 0 Å². The number of hydrogen-bond acceptors (Lipinski definition) is 3. The predicted molar refractivity (Wildman–Crippen MR) is 61.5 cm³/mol. The highest BCUT2D eigenvalue weighted by Gasteiger charge is 2.28. The fraction of sp³-hybridized carbons (Fsp3) is 0.909. The molecule has 1 fully saturated rings. The zero-order chi connectivity index (χ0) is 11.4. The van der Waals surface area contributed by atoms with Gasteiger partial charge >= 0.3 is 0 Å². The molecule has 1 rings (SSSR count). The molecule has 0 aliphatic carbocycles. The molecule has 1 saturated heterocycles. The molecule has 0 saturated carbocycles. The summed E-state index contributed by atoms with van der Waals surface area (Å²) in [4.78, 5) is 16.0. The van der Waals surface area contributed by atoms with Crippen LogP contribution >= 0.6 is 0 Å². The average Bonchev–Trinajstić information content (AvgIpc) is 2.63. The van der Waals surface area contributed by atoms with Gasteiger partial charge in [0.25, 0.3) is 0 Å². The van der Waals surface area contributed by atoms with Crippen molar-refractivity contribution in [3.05, 3.63) is 0 Å². The van der Waals surface area contributed by atoms with Crippen LogP contribution in [-0.2, 0) is 4.79 Å². The lowest BCUT2D eigenvalue weighted by atomic mass is 10.1. The van der Waals surface area contributed by atoms with E-state index in [-0.39, 0.29) is 11.8 Å². The van der Waals surface area contributed by atoms with Crippen LogP contribution in [0.4, 0.5) is 0 Å². The van der Waals surface area contributed by atoms with E-state index in [1.165, 1.54) is 0 Å². The van der Waals surface area contributed by atoms with Gasteiger partial charge < -0.3 is 15.5 Å². The Morgan fingerprint density at radius 2 is 2.33 bits per heavy atom. The summed E-state index contributed by atoms with van der Waals surface area (Å²) in [6.45, 7) is 5.43. The average molecular weight is 213 g/mol. The molecule has 15 heavy (non-hydrogen) atoms. The number of rotatable bonds is 4. The second kappa shape index (κ2) is 5.47. The largest absolute Gasteiger partial charge is 0.345 e. The van der Waals surface area contributed by atoms with Crippen LogP contribution in [0.2, 0.25) is 0 Å². The molecule has 1 heterocycles. The second-order valence-electron chi connectivity index (χ2n) is 4.81. The summed E-state index contributed by atoms with van der Waals surface area (Å²) in [6, 6.07) is 0. The van der Waals surface area contributed by atoms with Crippen LogP contribution in [-0.4, -0.2) is 56.0 Å². The van der Waals surface area contributed by atoms with Crippen molar-refractivity contribution in [1.82, 2.24) is 9.80 Å². The third-order valence-corrected chi connectivity index (χ3v) is 3.10. The standard InChI is InChI=1S/C11H23N3O/c1-9(6-12)7-14(3)11(15)10-4-5-13(2)8-10/h9-10H,4-8,12H2,1-3H3. The molecule has 2 unspecified atom stereocenters. The Morgan fingerprint density at radius 3 is 2.80 bits per heavy atom. The molecule has 1 amide bonds. The summed E-state index contributed by atoms with van der Waals surface area (Å²) < 4.78 is 0. The summed E-state index contributed by atoms with van der Waals surface area (Å²) in [5.41, 5.74) is 5.55. The fourth-order valence-corrected chi connectivity index (χ4v) is 2.08. The summed E-state index contributed by atoms with van der Waals surface area (Å²) in [6.07, 6.45) is 0.997. The Balaban J connectivity index is 2.39. The number of hydrogen-bond donors (Lipinski definition) is 1. The molecule has 88 valence electrons. The van der Waals surface area contributed by atoms with E-state index in [4.69, 9.17) is 5.73 Å². The molecule has 0 aromatic heterocycles. The number of nitrogens with two attached hydrogens (primary N) is 1. The van der Waals surface area contributed by atoms with E-state index in [2.05, 4.69) is 18.9 Å². The maximum absolute atomic E-state index is 12.0. The van der Waals surface area contributed by atoms with Crippen molar-refractivity contribution in [3.63, 3.8) is 0 Å². The summed E-state index contributed by atoms with van der Waals surface area (Å²) in [7, 11) is 3.95. The van der Waals surface area contributed by atoms with Gasteiger partial charge in [-0.2, -0.15) is 0 Å². The Bertz CT molecular complexity index is 220. The molecular weight excluding hydrogens is 190 g/mol. The molecule has 2 atom stereocenters. The number of carbonyl (C=O) groups excluding carboxylic acids is 1. The summed E-state index contributed by atoms with van der Waals surface area (Å²) in [5, 5.41) is 0. The number of nitrogens with zero attached hydrogens (tertiary/aromatic N) is 2. The minimum Gasteiger partial charge on any atom is -0.345 e. The Labute approximate surface area is 92.4 Å². The van der Waals surface area contributed by atoms with Crippen LogP contribution in [0.25, 0.3) is 0 Å². The Kier molecular flexibility index (Phi) is 4.54. The van der Waals surface area contributed by atoms with Gasteiger partial charge in [-0.1, -0.05) is 6.92 Å². The smallest absolute Gasteiger partial charge is 0.226 e. The first-order valence-electron chi connectivity index (χ1n) is 5.68. The van der Waals surface area contributed by atoms with Gasteiger partial charge in [0, 0.05) is 20.1 Å². The SMILES string of the molecule is CC(CN)CN(C)C(=O)C1CCN(C)C1. The lowest BCUT2D eigenvalue weighted by Gasteiger charge is -2.23. The minimum absolute atomic E-state index is 0.199. The molecule has 0 radical (unpaired) electrons. The summed E-state index contributed by atoms with van der Waals surface area (Å²) >= 11 is 0. The van der Waals surface area contributed by atoms with Gasteiger partial charge in [0.2, 0.25) is 5.91 Å². The normalized spacial score (nSPS) is 24.1. The third-order valence-electron chi connectivity index (χ3n) is 3.10. The predicted octanol–water partition coefficient (Wildman–Crippen LogP) is -0.00870. The highest BCUT2D eigenvalue weighted by Crippen LogP contribution is 2.16. The van der Waals surface area contributed by atoms with Gasteiger partial charge in [0.1, 0.15) is 0 Å². The Morgan fingerprint density at radius 1 is 1.67 bits per heavy atom. The molecule has 4 nitrogen and oxygen atoms in total. The molecule has 2 N–H and O–H groups in total. The van der Waals surface area contributed by atoms with Gasteiger partial charge in [-0.05, 0) is 32.5 Å². The molecule has 1 aliphatic heterocycles. The molecule has 4 heteroatoms. The first-order chi connectivity index (χ1) is 7.04. The lowest BCUT2D eigenvalue weighted by Crippen LogP contribution is -2.38. The Hall–Kier alpha value is -0.610. The second-order valence-corrected chi connectivity index (χ2v) is 4.81. The van der Waals surface area contributed by atoms with Crippen LogP contribution < -0.4 is 5.73 Å². The zero-order valence-electron chi connectivity index (χ0n) is 10.1. The van der Waals surface area contributed by atoms with E-state index in [1.54, 1.807) is 0 Å².